The van der Waals surface area contributed by atoms with Gasteiger partial charge in [0.05, 0.1) is 25.7 Å². The summed E-state index contributed by atoms with van der Waals surface area (Å²) in [6.07, 6.45) is 4.19. The molecule has 2 fully saturated rings. The molecule has 0 bridgehead atoms. The Labute approximate surface area is 145 Å². The molecule has 2 aliphatic rings. The molecule has 1 heterocycles. The van der Waals surface area contributed by atoms with E-state index in [0.29, 0.717) is 44.8 Å². The monoisotopic (exact) mass is 340 g/mol. The van der Waals surface area contributed by atoms with Crippen molar-refractivity contribution in [1.82, 2.24) is 10.2 Å². The summed E-state index contributed by atoms with van der Waals surface area (Å²) in [5.74, 6) is 0.846. The van der Waals surface area contributed by atoms with Gasteiger partial charge in [0.25, 0.3) is 0 Å². The van der Waals surface area contributed by atoms with E-state index in [0.717, 1.165) is 38.8 Å². The molecule has 0 aromatic heterocycles. The molecule has 0 spiro atoms. The molecular weight excluding hydrogens is 308 g/mol. The number of hydrogen-bond acceptors (Lipinski definition) is 5. The van der Waals surface area contributed by atoms with E-state index >= 15 is 0 Å². The summed E-state index contributed by atoms with van der Waals surface area (Å²) in [5.41, 5.74) is 0. The fraction of sp³-hybridized carbons (Fsp3) is 0.889. The van der Waals surface area contributed by atoms with Crippen LogP contribution in [0, 0.1) is 11.8 Å². The van der Waals surface area contributed by atoms with Crippen molar-refractivity contribution >= 4 is 11.7 Å². The largest absolute Gasteiger partial charge is 0.379 e. The van der Waals surface area contributed by atoms with Crippen LogP contribution in [0.25, 0.3) is 0 Å². The number of carbonyl (C=O) groups excluding carboxylic acids is 2. The number of likely N-dealkylation sites (tertiary alicyclic amines) is 1. The second-order valence-corrected chi connectivity index (χ2v) is 6.87. The van der Waals surface area contributed by atoms with E-state index in [9.17, 15) is 9.59 Å². The topological polar surface area (TPSA) is 67.9 Å². The maximum atomic E-state index is 12.1. The normalized spacial score (nSPS) is 25.2. The van der Waals surface area contributed by atoms with Crippen LogP contribution < -0.4 is 5.32 Å². The van der Waals surface area contributed by atoms with Crippen molar-refractivity contribution in [3.63, 3.8) is 0 Å². The summed E-state index contributed by atoms with van der Waals surface area (Å²) in [6.45, 7) is 8.34. The molecule has 138 valence electrons. The van der Waals surface area contributed by atoms with Gasteiger partial charge < -0.3 is 14.8 Å². The Morgan fingerprint density at radius 1 is 1.00 bits per heavy atom. The zero-order valence-electron chi connectivity index (χ0n) is 15.1. The van der Waals surface area contributed by atoms with Crippen molar-refractivity contribution < 1.29 is 19.1 Å². The minimum Gasteiger partial charge on any atom is -0.379 e. The zero-order chi connectivity index (χ0) is 17.4. The first-order valence-corrected chi connectivity index (χ1v) is 9.29. The highest BCUT2D eigenvalue weighted by atomic mass is 16.5. The number of ketones is 1. The first kappa shape index (κ1) is 19.3. The molecule has 0 atom stereocenters. The molecule has 0 aromatic carbocycles. The maximum Gasteiger partial charge on any atom is 0.225 e. The molecule has 0 radical (unpaired) electrons. The summed E-state index contributed by atoms with van der Waals surface area (Å²) < 4.78 is 10.6. The number of carbonyl (C=O) groups is 2. The summed E-state index contributed by atoms with van der Waals surface area (Å²) >= 11 is 0. The Morgan fingerprint density at radius 3 is 2.29 bits per heavy atom. The Balaban J connectivity index is 1.51. The van der Waals surface area contributed by atoms with E-state index in [2.05, 4.69) is 10.2 Å². The van der Waals surface area contributed by atoms with Crippen LogP contribution in [-0.2, 0) is 19.1 Å². The Hall–Kier alpha value is -0.980. The van der Waals surface area contributed by atoms with Gasteiger partial charge in [-0.2, -0.15) is 0 Å². The van der Waals surface area contributed by atoms with Crippen LogP contribution in [0.1, 0.15) is 39.5 Å². The SMILES string of the molecule is CCOCCOCCNC(=O)C1CN(C2CCC(C(C)=O)CC2)C1. The molecule has 1 N–H and O–H groups in total. The maximum absolute atomic E-state index is 12.1. The first-order chi connectivity index (χ1) is 11.6. The molecule has 1 amide bonds. The number of ether oxygens (including phenoxy) is 2. The zero-order valence-corrected chi connectivity index (χ0v) is 15.1. The van der Waals surface area contributed by atoms with Crippen LogP contribution in [0.2, 0.25) is 0 Å². The minimum absolute atomic E-state index is 0.110. The smallest absolute Gasteiger partial charge is 0.225 e. The lowest BCUT2D eigenvalue weighted by Gasteiger charge is -2.45. The highest BCUT2D eigenvalue weighted by Crippen LogP contribution is 2.31. The van der Waals surface area contributed by atoms with Gasteiger partial charge in [0, 0.05) is 38.2 Å². The Bertz CT molecular complexity index is 402. The first-order valence-electron chi connectivity index (χ1n) is 9.29. The van der Waals surface area contributed by atoms with Crippen molar-refractivity contribution in [3.05, 3.63) is 0 Å². The van der Waals surface area contributed by atoms with Gasteiger partial charge in [0.15, 0.2) is 0 Å². The van der Waals surface area contributed by atoms with Crippen LogP contribution in [0.3, 0.4) is 0 Å². The van der Waals surface area contributed by atoms with Gasteiger partial charge >= 0.3 is 0 Å². The van der Waals surface area contributed by atoms with Crippen LogP contribution in [0.15, 0.2) is 0 Å². The minimum atomic E-state index is 0.110. The number of amides is 1. The molecule has 24 heavy (non-hydrogen) atoms. The fourth-order valence-electron chi connectivity index (χ4n) is 3.58. The molecule has 6 heteroatoms. The van der Waals surface area contributed by atoms with E-state index in [1.807, 2.05) is 6.92 Å². The summed E-state index contributed by atoms with van der Waals surface area (Å²) in [4.78, 5) is 25.9. The van der Waals surface area contributed by atoms with Crippen LogP contribution >= 0.6 is 0 Å². The molecule has 1 saturated carbocycles. The second kappa shape index (κ2) is 10.1. The Kier molecular flexibility index (Phi) is 8.15. The van der Waals surface area contributed by atoms with E-state index in [1.165, 1.54) is 0 Å². The van der Waals surface area contributed by atoms with Gasteiger partial charge in [0.1, 0.15) is 5.78 Å². The number of Topliss-reactive ketones (excluding diaryl/α,β-unsaturated/α-hetero) is 1. The van der Waals surface area contributed by atoms with E-state index in [-0.39, 0.29) is 17.7 Å². The van der Waals surface area contributed by atoms with Crippen molar-refractivity contribution in [2.45, 2.75) is 45.6 Å². The average molecular weight is 340 g/mol. The highest BCUT2D eigenvalue weighted by molar-refractivity contribution is 5.80. The van der Waals surface area contributed by atoms with Crippen molar-refractivity contribution in [2.24, 2.45) is 11.8 Å². The number of nitrogens with one attached hydrogen (secondary N) is 1. The van der Waals surface area contributed by atoms with Crippen molar-refractivity contribution in [1.29, 1.82) is 0 Å². The van der Waals surface area contributed by atoms with Crippen LogP contribution in [0.4, 0.5) is 0 Å². The van der Waals surface area contributed by atoms with Gasteiger partial charge in [0.2, 0.25) is 5.91 Å². The highest BCUT2D eigenvalue weighted by Gasteiger charge is 2.38. The molecule has 1 aliphatic heterocycles. The average Bonchev–Trinajstić information content (AvgIpc) is 2.53. The standard InChI is InChI=1S/C18H32N2O4/c1-3-23-10-11-24-9-8-19-18(22)16-12-20(13-16)17-6-4-15(5-7-17)14(2)21/h15-17H,3-13H2,1-2H3,(H,19,22). The number of nitrogens with zero attached hydrogens (tertiary/aromatic N) is 1. The van der Waals surface area contributed by atoms with Gasteiger partial charge in [-0.25, -0.2) is 0 Å². The molecule has 0 unspecified atom stereocenters. The molecule has 0 aromatic rings. The Morgan fingerprint density at radius 2 is 1.67 bits per heavy atom. The van der Waals surface area contributed by atoms with Crippen molar-refractivity contribution in [3.8, 4) is 0 Å². The lowest BCUT2D eigenvalue weighted by molar-refractivity contribution is -0.132. The predicted molar refractivity (Wildman–Crippen MR) is 91.8 cm³/mol. The van der Waals surface area contributed by atoms with E-state index in [1.54, 1.807) is 6.92 Å². The second-order valence-electron chi connectivity index (χ2n) is 6.87. The molecule has 2 rings (SSSR count). The summed E-state index contributed by atoms with van der Waals surface area (Å²) in [6, 6.07) is 0.562. The third-order valence-corrected chi connectivity index (χ3v) is 5.19. The van der Waals surface area contributed by atoms with Gasteiger partial charge in [-0.3, -0.25) is 14.5 Å². The molecular formula is C18H32N2O4. The summed E-state index contributed by atoms with van der Waals surface area (Å²) in [7, 11) is 0. The van der Waals surface area contributed by atoms with Crippen LogP contribution in [0.5, 0.6) is 0 Å². The van der Waals surface area contributed by atoms with Crippen molar-refractivity contribution in [2.75, 3.05) is 46.1 Å². The number of rotatable bonds is 10. The van der Waals surface area contributed by atoms with Crippen LogP contribution in [-0.4, -0.2) is 68.7 Å². The fourth-order valence-corrected chi connectivity index (χ4v) is 3.58. The lowest BCUT2D eigenvalue weighted by Crippen LogP contribution is -2.58. The molecule has 1 aliphatic carbocycles. The van der Waals surface area contributed by atoms with Gasteiger partial charge in [-0.05, 0) is 39.5 Å². The third-order valence-electron chi connectivity index (χ3n) is 5.19. The van der Waals surface area contributed by atoms with Gasteiger partial charge in [-0.15, -0.1) is 0 Å². The molecule has 1 saturated heterocycles. The van der Waals surface area contributed by atoms with E-state index < -0.39 is 0 Å². The predicted octanol–water partition coefficient (Wildman–Crippen LogP) is 1.24. The summed E-state index contributed by atoms with van der Waals surface area (Å²) in [5, 5.41) is 2.94. The quantitative estimate of drug-likeness (QED) is 0.606. The number of hydrogen-bond donors (Lipinski definition) is 1. The third kappa shape index (κ3) is 5.83. The molecule has 6 nitrogen and oxygen atoms in total. The lowest BCUT2D eigenvalue weighted by atomic mass is 9.81. The van der Waals surface area contributed by atoms with Gasteiger partial charge in [-0.1, -0.05) is 0 Å². The van der Waals surface area contributed by atoms with E-state index in [4.69, 9.17) is 9.47 Å².